The number of rotatable bonds is 7. The van der Waals surface area contributed by atoms with Crippen LogP contribution in [0.15, 0.2) is 64.4 Å². The van der Waals surface area contributed by atoms with Crippen LogP contribution in [0.3, 0.4) is 0 Å². The third-order valence-corrected chi connectivity index (χ3v) is 4.96. The Bertz CT molecular complexity index is 1200. The first-order chi connectivity index (χ1) is 16.3. The smallest absolute Gasteiger partial charge is 0.336 e. The standard InChI is InChI=1S/C20H21N3O3.C4H4O4/c1-3-7-14-18(20(24)25-4-2)17(13-11-21-23-19(13)22-14)16-10-12-8-5-6-9-15(12)26-16;5-3(6)1-2-4(7)8/h5-6,8-11,17H,3-4,7H2,1-2H3,(H2,21,22,23);1-2H,(H,5,6)(H,7,8). The number of ether oxygens (including phenoxy) is 1. The summed E-state index contributed by atoms with van der Waals surface area (Å²) in [6.45, 7) is 4.22. The SMILES string of the molecule is CCCC1=C(C(=O)OCC)C(c2cc3ccccc3o2)c2cn[nH]c2N1.O=C(O)C=CC(=O)O. The Kier molecular flexibility index (Phi) is 7.86. The van der Waals surface area contributed by atoms with E-state index in [-0.39, 0.29) is 11.9 Å². The summed E-state index contributed by atoms with van der Waals surface area (Å²) in [5.74, 6) is -1.67. The predicted octanol–water partition coefficient (Wildman–Crippen LogP) is 4.04. The quantitative estimate of drug-likeness (QED) is 0.297. The minimum absolute atomic E-state index is 0.319. The zero-order chi connectivity index (χ0) is 24.7. The Morgan fingerprint density at radius 1 is 1.15 bits per heavy atom. The van der Waals surface area contributed by atoms with Crippen molar-refractivity contribution in [1.29, 1.82) is 0 Å². The number of aliphatic carboxylic acids is 2. The summed E-state index contributed by atoms with van der Waals surface area (Å²) >= 11 is 0. The van der Waals surface area contributed by atoms with Gasteiger partial charge in [-0.25, -0.2) is 14.4 Å². The molecule has 1 unspecified atom stereocenters. The second-order valence-electron chi connectivity index (χ2n) is 7.32. The molecule has 1 aliphatic heterocycles. The molecule has 0 radical (unpaired) electrons. The van der Waals surface area contributed by atoms with E-state index in [2.05, 4.69) is 22.4 Å². The van der Waals surface area contributed by atoms with E-state index in [0.717, 1.165) is 40.9 Å². The van der Waals surface area contributed by atoms with Crippen molar-refractivity contribution in [2.24, 2.45) is 0 Å². The number of carboxylic acid groups (broad SMARTS) is 2. The van der Waals surface area contributed by atoms with Gasteiger partial charge in [0.05, 0.1) is 24.3 Å². The van der Waals surface area contributed by atoms with Gasteiger partial charge in [-0.15, -0.1) is 0 Å². The van der Waals surface area contributed by atoms with Gasteiger partial charge in [-0.3, -0.25) is 5.10 Å². The maximum Gasteiger partial charge on any atom is 0.336 e. The predicted molar refractivity (Wildman–Crippen MR) is 123 cm³/mol. The fraction of sp³-hybridized carbons (Fsp3) is 0.250. The molecule has 4 N–H and O–H groups in total. The van der Waals surface area contributed by atoms with Crippen LogP contribution >= 0.6 is 0 Å². The zero-order valence-corrected chi connectivity index (χ0v) is 18.7. The number of aromatic amines is 1. The van der Waals surface area contributed by atoms with Crippen molar-refractivity contribution in [1.82, 2.24) is 10.2 Å². The van der Waals surface area contributed by atoms with Gasteiger partial charge in [0.15, 0.2) is 0 Å². The van der Waals surface area contributed by atoms with E-state index in [0.29, 0.717) is 30.1 Å². The van der Waals surface area contributed by atoms with Crippen molar-refractivity contribution in [3.05, 3.63) is 71.3 Å². The van der Waals surface area contributed by atoms with Gasteiger partial charge in [0.25, 0.3) is 0 Å². The molecule has 4 rings (SSSR count). The van der Waals surface area contributed by atoms with Crippen LogP contribution in [-0.2, 0) is 19.1 Å². The second kappa shape index (κ2) is 11.0. The number of aromatic nitrogens is 2. The number of para-hydroxylation sites is 1. The van der Waals surface area contributed by atoms with Crippen LogP contribution in [0.4, 0.5) is 5.82 Å². The molecule has 3 heterocycles. The monoisotopic (exact) mass is 467 g/mol. The molecule has 1 aliphatic rings. The van der Waals surface area contributed by atoms with Gasteiger partial charge in [0.2, 0.25) is 0 Å². The highest BCUT2D eigenvalue weighted by molar-refractivity contribution is 5.94. The van der Waals surface area contributed by atoms with Crippen molar-refractivity contribution in [3.8, 4) is 0 Å². The van der Waals surface area contributed by atoms with E-state index >= 15 is 0 Å². The summed E-state index contributed by atoms with van der Waals surface area (Å²) in [6.07, 6.45) is 4.50. The first kappa shape index (κ1) is 24.3. The molecule has 0 saturated heterocycles. The van der Waals surface area contributed by atoms with Gasteiger partial charge >= 0.3 is 17.9 Å². The van der Waals surface area contributed by atoms with Gasteiger partial charge in [-0.1, -0.05) is 31.5 Å². The molecule has 10 heteroatoms. The molecule has 10 nitrogen and oxygen atoms in total. The van der Waals surface area contributed by atoms with Gasteiger partial charge in [0, 0.05) is 28.8 Å². The average molecular weight is 467 g/mol. The van der Waals surface area contributed by atoms with E-state index in [1.807, 2.05) is 37.3 Å². The topological polar surface area (TPSA) is 155 Å². The normalized spacial score (nSPS) is 14.8. The van der Waals surface area contributed by atoms with Crippen molar-refractivity contribution >= 4 is 34.7 Å². The number of hydrogen-bond donors (Lipinski definition) is 4. The number of allylic oxidation sites excluding steroid dienone is 1. The number of furan rings is 1. The number of carbonyl (C=O) groups excluding carboxylic acids is 1. The van der Waals surface area contributed by atoms with E-state index in [9.17, 15) is 14.4 Å². The summed E-state index contributed by atoms with van der Waals surface area (Å²) in [4.78, 5) is 31.9. The molecule has 0 spiro atoms. The summed E-state index contributed by atoms with van der Waals surface area (Å²) in [5.41, 5.74) is 3.13. The largest absolute Gasteiger partial charge is 0.478 e. The van der Waals surface area contributed by atoms with Crippen molar-refractivity contribution in [2.75, 3.05) is 11.9 Å². The van der Waals surface area contributed by atoms with Crippen LogP contribution in [0.25, 0.3) is 11.0 Å². The molecular formula is C24H25N3O7. The molecule has 0 aliphatic carbocycles. The molecule has 0 bridgehead atoms. The lowest BCUT2D eigenvalue weighted by molar-refractivity contribution is -0.139. The summed E-state index contributed by atoms with van der Waals surface area (Å²) in [6, 6.07) is 9.83. The Balaban J connectivity index is 0.000000350. The highest BCUT2D eigenvalue weighted by atomic mass is 16.5. The molecule has 3 aromatic rings. The fourth-order valence-corrected chi connectivity index (χ4v) is 3.64. The highest BCUT2D eigenvalue weighted by Gasteiger charge is 2.37. The van der Waals surface area contributed by atoms with Crippen LogP contribution in [0.1, 0.15) is 43.9 Å². The molecule has 0 amide bonds. The van der Waals surface area contributed by atoms with Gasteiger partial charge < -0.3 is 24.7 Å². The zero-order valence-electron chi connectivity index (χ0n) is 18.7. The number of anilines is 1. The van der Waals surface area contributed by atoms with Crippen LogP contribution in [-0.4, -0.2) is 44.9 Å². The Morgan fingerprint density at radius 3 is 2.47 bits per heavy atom. The Labute approximate surface area is 194 Å². The summed E-state index contributed by atoms with van der Waals surface area (Å²) in [5, 5.41) is 27.1. The van der Waals surface area contributed by atoms with E-state index in [4.69, 9.17) is 19.4 Å². The summed E-state index contributed by atoms with van der Waals surface area (Å²) in [7, 11) is 0. The number of esters is 1. The lowest BCUT2D eigenvalue weighted by Crippen LogP contribution is -2.24. The van der Waals surface area contributed by atoms with Crippen molar-refractivity contribution < 1.29 is 33.8 Å². The van der Waals surface area contributed by atoms with E-state index in [1.165, 1.54) is 0 Å². The van der Waals surface area contributed by atoms with Gasteiger partial charge in [0.1, 0.15) is 17.2 Å². The summed E-state index contributed by atoms with van der Waals surface area (Å²) < 4.78 is 11.5. The number of nitrogens with one attached hydrogen (secondary N) is 2. The molecule has 0 fully saturated rings. The van der Waals surface area contributed by atoms with Crippen LogP contribution < -0.4 is 5.32 Å². The molecule has 1 atom stereocenters. The first-order valence-corrected chi connectivity index (χ1v) is 10.7. The molecule has 34 heavy (non-hydrogen) atoms. The maximum absolute atomic E-state index is 12.8. The molecule has 0 saturated carbocycles. The van der Waals surface area contributed by atoms with Gasteiger partial charge in [-0.2, -0.15) is 5.10 Å². The number of hydrogen-bond acceptors (Lipinski definition) is 7. The van der Waals surface area contributed by atoms with Gasteiger partial charge in [-0.05, 0) is 25.5 Å². The molecule has 2 aromatic heterocycles. The number of benzene rings is 1. The van der Waals surface area contributed by atoms with Crippen molar-refractivity contribution in [3.63, 3.8) is 0 Å². The van der Waals surface area contributed by atoms with Crippen molar-refractivity contribution in [2.45, 2.75) is 32.6 Å². The minimum atomic E-state index is -1.26. The number of H-pyrrole nitrogens is 1. The Hall–Kier alpha value is -4.34. The molecule has 178 valence electrons. The number of fused-ring (bicyclic) bond motifs is 2. The van der Waals surface area contributed by atoms with E-state index < -0.39 is 11.9 Å². The lowest BCUT2D eigenvalue weighted by atomic mass is 9.85. The Morgan fingerprint density at radius 2 is 1.85 bits per heavy atom. The van der Waals surface area contributed by atoms with Crippen LogP contribution in [0.5, 0.6) is 0 Å². The first-order valence-electron chi connectivity index (χ1n) is 10.7. The average Bonchev–Trinajstić information content (AvgIpc) is 3.44. The number of carboxylic acids is 2. The second-order valence-corrected chi connectivity index (χ2v) is 7.32. The maximum atomic E-state index is 12.8. The molecule has 1 aromatic carbocycles. The third kappa shape index (κ3) is 5.52. The highest BCUT2D eigenvalue weighted by Crippen LogP contribution is 2.43. The number of carbonyl (C=O) groups is 3. The molecular weight excluding hydrogens is 442 g/mol. The minimum Gasteiger partial charge on any atom is -0.478 e. The van der Waals surface area contributed by atoms with Crippen LogP contribution in [0, 0.1) is 0 Å². The van der Waals surface area contributed by atoms with Crippen LogP contribution in [0.2, 0.25) is 0 Å². The number of nitrogens with zero attached hydrogens (tertiary/aromatic N) is 1. The van der Waals surface area contributed by atoms with E-state index in [1.54, 1.807) is 6.20 Å². The lowest BCUT2D eigenvalue weighted by Gasteiger charge is -2.27. The third-order valence-electron chi connectivity index (χ3n) is 4.96. The fourth-order valence-electron chi connectivity index (χ4n) is 3.64.